The van der Waals surface area contributed by atoms with Crippen molar-refractivity contribution in [3.05, 3.63) is 0 Å². The zero-order valence-electron chi connectivity index (χ0n) is 11.1. The first kappa shape index (κ1) is 13.3. The molecule has 2 fully saturated rings. The Labute approximate surface area is 108 Å². The van der Waals surface area contributed by atoms with E-state index in [1.165, 1.54) is 0 Å². The molecule has 2 saturated heterocycles. The summed E-state index contributed by atoms with van der Waals surface area (Å²) in [5.41, 5.74) is 0. The Bertz CT molecular complexity index is 313. The van der Waals surface area contributed by atoms with Crippen molar-refractivity contribution in [3.8, 4) is 0 Å². The Morgan fingerprint density at radius 1 is 1.33 bits per heavy atom. The number of rotatable bonds is 3. The van der Waals surface area contributed by atoms with Gasteiger partial charge in [0.1, 0.15) is 0 Å². The third kappa shape index (κ3) is 3.45. The fraction of sp³-hybridized carbons (Fsp3) is 0.846. The maximum Gasteiger partial charge on any atom is 0.237 e. The summed E-state index contributed by atoms with van der Waals surface area (Å²) < 4.78 is 0. The molecule has 0 spiro atoms. The maximum atomic E-state index is 11.8. The Kier molecular flexibility index (Phi) is 4.58. The van der Waals surface area contributed by atoms with E-state index in [9.17, 15) is 9.59 Å². The van der Waals surface area contributed by atoms with Crippen LogP contribution in [-0.4, -0.2) is 48.9 Å². The lowest BCUT2D eigenvalue weighted by molar-refractivity contribution is -0.130. The summed E-state index contributed by atoms with van der Waals surface area (Å²) in [6, 6.07) is -0.00231. The minimum absolute atomic E-state index is 0.00231. The lowest BCUT2D eigenvalue weighted by Crippen LogP contribution is -2.46. The van der Waals surface area contributed by atoms with Crippen LogP contribution in [0.25, 0.3) is 0 Å². The minimum Gasteiger partial charge on any atom is -0.354 e. The number of nitrogens with one attached hydrogen (secondary N) is 2. The first-order valence-corrected chi connectivity index (χ1v) is 6.93. The highest BCUT2D eigenvalue weighted by atomic mass is 16.2. The molecule has 18 heavy (non-hydrogen) atoms. The van der Waals surface area contributed by atoms with Crippen LogP contribution in [0.2, 0.25) is 0 Å². The van der Waals surface area contributed by atoms with Crippen molar-refractivity contribution >= 4 is 11.8 Å². The van der Waals surface area contributed by atoms with Crippen molar-refractivity contribution < 1.29 is 9.59 Å². The van der Waals surface area contributed by atoms with Crippen molar-refractivity contribution in [2.45, 2.75) is 38.6 Å². The molecule has 0 aromatic carbocycles. The molecule has 0 saturated carbocycles. The second-order valence-corrected chi connectivity index (χ2v) is 5.37. The van der Waals surface area contributed by atoms with Crippen LogP contribution in [-0.2, 0) is 9.59 Å². The zero-order chi connectivity index (χ0) is 13.0. The number of hydrogen-bond donors (Lipinski definition) is 2. The molecule has 2 atom stereocenters. The molecule has 2 heterocycles. The van der Waals surface area contributed by atoms with Crippen LogP contribution in [0.1, 0.15) is 32.6 Å². The van der Waals surface area contributed by atoms with Crippen LogP contribution in [0.3, 0.4) is 0 Å². The Morgan fingerprint density at radius 3 is 2.83 bits per heavy atom. The van der Waals surface area contributed by atoms with Crippen molar-refractivity contribution in [2.24, 2.45) is 5.92 Å². The van der Waals surface area contributed by atoms with Crippen LogP contribution < -0.4 is 10.6 Å². The molecule has 2 aliphatic heterocycles. The van der Waals surface area contributed by atoms with Gasteiger partial charge >= 0.3 is 0 Å². The number of hydrogen-bond acceptors (Lipinski definition) is 3. The van der Waals surface area contributed by atoms with Gasteiger partial charge in [0.25, 0.3) is 0 Å². The Morgan fingerprint density at radius 2 is 2.17 bits per heavy atom. The molecule has 2 aliphatic rings. The van der Waals surface area contributed by atoms with E-state index in [2.05, 4.69) is 10.6 Å². The molecule has 0 bridgehead atoms. The molecular formula is C13H23N3O2. The first-order chi connectivity index (χ1) is 8.66. The van der Waals surface area contributed by atoms with Crippen LogP contribution in [0.5, 0.6) is 0 Å². The van der Waals surface area contributed by atoms with Crippen molar-refractivity contribution in [1.82, 2.24) is 15.5 Å². The summed E-state index contributed by atoms with van der Waals surface area (Å²) in [5, 5.41) is 6.21. The van der Waals surface area contributed by atoms with E-state index in [1.54, 1.807) is 6.92 Å². The molecule has 0 radical (unpaired) electrons. The monoisotopic (exact) mass is 253 g/mol. The summed E-state index contributed by atoms with van der Waals surface area (Å²) >= 11 is 0. The highest BCUT2D eigenvalue weighted by molar-refractivity contribution is 5.82. The molecule has 2 amide bonds. The average Bonchev–Trinajstić information content (AvgIpc) is 2.90. The van der Waals surface area contributed by atoms with Crippen molar-refractivity contribution in [1.29, 1.82) is 0 Å². The largest absolute Gasteiger partial charge is 0.354 e. The van der Waals surface area contributed by atoms with Gasteiger partial charge in [-0.2, -0.15) is 0 Å². The van der Waals surface area contributed by atoms with Crippen LogP contribution in [0.15, 0.2) is 0 Å². The molecule has 2 unspecified atom stereocenters. The molecule has 2 rings (SSSR count). The summed E-state index contributed by atoms with van der Waals surface area (Å²) in [4.78, 5) is 25.1. The molecule has 102 valence electrons. The average molecular weight is 253 g/mol. The molecule has 2 N–H and O–H groups in total. The summed E-state index contributed by atoms with van der Waals surface area (Å²) in [7, 11) is 0. The standard InChI is InChI=1S/C13H23N3O2/c1-10(17)16-7-3-4-11(9-16)8-15-13(18)12-5-2-6-14-12/h11-12,14H,2-9H2,1H3,(H,15,18). The van der Waals surface area contributed by atoms with Crippen LogP contribution in [0, 0.1) is 5.92 Å². The molecule has 0 aliphatic carbocycles. The van der Waals surface area contributed by atoms with Gasteiger partial charge in [0, 0.05) is 26.6 Å². The van der Waals surface area contributed by atoms with Gasteiger partial charge < -0.3 is 15.5 Å². The third-order valence-corrected chi connectivity index (χ3v) is 3.91. The molecule has 5 nitrogen and oxygen atoms in total. The summed E-state index contributed by atoms with van der Waals surface area (Å²) in [5.74, 6) is 0.670. The lowest BCUT2D eigenvalue weighted by Gasteiger charge is -2.32. The topological polar surface area (TPSA) is 61.4 Å². The maximum absolute atomic E-state index is 11.8. The predicted molar refractivity (Wildman–Crippen MR) is 69.0 cm³/mol. The van der Waals surface area contributed by atoms with Gasteiger partial charge in [0.2, 0.25) is 11.8 Å². The number of piperidine rings is 1. The van der Waals surface area contributed by atoms with E-state index in [0.717, 1.165) is 45.3 Å². The highest BCUT2D eigenvalue weighted by Gasteiger charge is 2.25. The van der Waals surface area contributed by atoms with Crippen molar-refractivity contribution in [3.63, 3.8) is 0 Å². The molecule has 0 aromatic heterocycles. The van der Waals surface area contributed by atoms with Crippen molar-refractivity contribution in [2.75, 3.05) is 26.2 Å². The van der Waals surface area contributed by atoms with Crippen LogP contribution >= 0.6 is 0 Å². The zero-order valence-corrected chi connectivity index (χ0v) is 11.1. The van der Waals surface area contributed by atoms with Gasteiger partial charge in [-0.05, 0) is 38.1 Å². The Hall–Kier alpha value is -1.10. The second-order valence-electron chi connectivity index (χ2n) is 5.37. The summed E-state index contributed by atoms with van der Waals surface area (Å²) in [6.07, 6.45) is 4.17. The van der Waals surface area contributed by atoms with E-state index in [1.807, 2.05) is 4.90 Å². The quantitative estimate of drug-likeness (QED) is 0.750. The normalized spacial score (nSPS) is 28.2. The Balaban J connectivity index is 1.72. The molecular weight excluding hydrogens is 230 g/mol. The van der Waals surface area contributed by atoms with E-state index < -0.39 is 0 Å². The SMILES string of the molecule is CC(=O)N1CCCC(CNC(=O)C2CCCN2)C1. The minimum atomic E-state index is -0.00231. The number of carbonyl (C=O) groups is 2. The third-order valence-electron chi connectivity index (χ3n) is 3.91. The van der Waals surface area contributed by atoms with E-state index in [0.29, 0.717) is 12.5 Å². The van der Waals surface area contributed by atoms with E-state index >= 15 is 0 Å². The fourth-order valence-corrected chi connectivity index (χ4v) is 2.79. The number of carbonyl (C=O) groups excluding carboxylic acids is 2. The first-order valence-electron chi connectivity index (χ1n) is 6.93. The van der Waals surface area contributed by atoms with Gasteiger partial charge in [-0.15, -0.1) is 0 Å². The van der Waals surface area contributed by atoms with Gasteiger partial charge in [-0.1, -0.05) is 0 Å². The smallest absolute Gasteiger partial charge is 0.237 e. The second kappa shape index (κ2) is 6.18. The number of likely N-dealkylation sites (tertiary alicyclic amines) is 1. The number of nitrogens with zero attached hydrogens (tertiary/aromatic N) is 1. The predicted octanol–water partition coefficient (Wildman–Crippen LogP) is 0.113. The van der Waals surface area contributed by atoms with E-state index in [-0.39, 0.29) is 17.9 Å². The van der Waals surface area contributed by atoms with Gasteiger partial charge in [-0.3, -0.25) is 9.59 Å². The lowest BCUT2D eigenvalue weighted by atomic mass is 9.98. The number of amides is 2. The van der Waals surface area contributed by atoms with Gasteiger partial charge in [0.15, 0.2) is 0 Å². The molecule has 5 heteroatoms. The molecule has 0 aromatic rings. The summed E-state index contributed by atoms with van der Waals surface area (Å²) in [6.45, 7) is 4.90. The van der Waals surface area contributed by atoms with E-state index in [4.69, 9.17) is 0 Å². The van der Waals surface area contributed by atoms with Gasteiger partial charge in [-0.25, -0.2) is 0 Å². The van der Waals surface area contributed by atoms with Gasteiger partial charge in [0.05, 0.1) is 6.04 Å². The fourth-order valence-electron chi connectivity index (χ4n) is 2.79. The van der Waals surface area contributed by atoms with Crippen LogP contribution in [0.4, 0.5) is 0 Å². The highest BCUT2D eigenvalue weighted by Crippen LogP contribution is 2.16.